The number of hydrogen-bond acceptors (Lipinski definition) is 5. The fourth-order valence-corrected chi connectivity index (χ4v) is 5.51. The summed E-state index contributed by atoms with van der Waals surface area (Å²) in [5, 5.41) is 10.3. The van der Waals surface area contributed by atoms with Crippen molar-refractivity contribution in [2.75, 3.05) is 30.0 Å². The molecule has 1 atom stereocenters. The fraction of sp³-hybridized carbons (Fsp3) is 0.300. The first-order chi connectivity index (χ1) is 19.1. The lowest BCUT2D eigenvalue weighted by Crippen LogP contribution is -2.46. The SMILES string of the molecule is C=C(O)CC1c2cccc(F)c2N=C(C2CCN(c3cccc(F)c3)CC2)N1c1cc(C(F)(F)F)ccc1OC. The summed E-state index contributed by atoms with van der Waals surface area (Å²) in [6, 6.07) is 13.1. The standard InChI is InChI=1S/C30H28F5N3O2/c1-18(39)15-25-23-7-4-8-24(32)28(23)36-29(19-11-13-37(14-12-19)22-6-3-5-21(31)17-22)38(25)26-16-20(30(33,34)35)9-10-27(26)40-2/h3-10,16-17,19,25,39H,1,11-15H2,2H3. The summed E-state index contributed by atoms with van der Waals surface area (Å²) in [6.07, 6.45) is -3.63. The van der Waals surface area contributed by atoms with Crippen LogP contribution in [0.2, 0.25) is 0 Å². The number of fused-ring (bicyclic) bond motifs is 1. The molecule has 0 radical (unpaired) electrons. The van der Waals surface area contributed by atoms with Crippen LogP contribution in [0.3, 0.4) is 0 Å². The van der Waals surface area contributed by atoms with Crippen LogP contribution in [0.25, 0.3) is 0 Å². The molecule has 210 valence electrons. The molecule has 5 nitrogen and oxygen atoms in total. The highest BCUT2D eigenvalue weighted by Gasteiger charge is 2.40. The van der Waals surface area contributed by atoms with E-state index in [0.717, 1.165) is 17.8 Å². The number of anilines is 2. The molecule has 10 heteroatoms. The quantitative estimate of drug-likeness (QED) is 0.247. The Hall–Kier alpha value is -4.08. The lowest BCUT2D eigenvalue weighted by atomic mass is 9.89. The molecular formula is C30H28F5N3O2. The molecule has 1 saturated heterocycles. The molecule has 5 rings (SSSR count). The van der Waals surface area contributed by atoms with Crippen molar-refractivity contribution in [3.63, 3.8) is 0 Å². The molecule has 0 amide bonds. The predicted octanol–water partition coefficient (Wildman–Crippen LogP) is 7.96. The fourth-order valence-electron chi connectivity index (χ4n) is 5.51. The third kappa shape index (κ3) is 5.35. The van der Waals surface area contributed by atoms with Crippen molar-refractivity contribution in [3.8, 4) is 5.75 Å². The number of amidine groups is 1. The molecule has 0 bridgehead atoms. The highest BCUT2D eigenvalue weighted by molar-refractivity contribution is 6.04. The van der Waals surface area contributed by atoms with Crippen molar-refractivity contribution in [2.24, 2.45) is 10.9 Å². The van der Waals surface area contributed by atoms with Gasteiger partial charge in [-0.25, -0.2) is 13.8 Å². The van der Waals surface area contributed by atoms with Crippen molar-refractivity contribution < 1.29 is 31.8 Å². The summed E-state index contributed by atoms with van der Waals surface area (Å²) >= 11 is 0. The summed E-state index contributed by atoms with van der Waals surface area (Å²) in [4.78, 5) is 8.36. The van der Waals surface area contributed by atoms with Gasteiger partial charge in [0.2, 0.25) is 0 Å². The number of aliphatic hydroxyl groups excluding tert-OH is 1. The van der Waals surface area contributed by atoms with E-state index in [1.807, 2.05) is 11.0 Å². The van der Waals surface area contributed by atoms with Crippen LogP contribution >= 0.6 is 0 Å². The maximum absolute atomic E-state index is 15.1. The number of nitrogens with zero attached hydrogens (tertiary/aromatic N) is 3. The number of halogens is 5. The van der Waals surface area contributed by atoms with Crippen molar-refractivity contribution in [1.29, 1.82) is 0 Å². The first-order valence-electron chi connectivity index (χ1n) is 12.9. The molecule has 0 aromatic heterocycles. The first-order valence-corrected chi connectivity index (χ1v) is 12.9. The number of aliphatic imine (C=N–C) groups is 1. The summed E-state index contributed by atoms with van der Waals surface area (Å²) < 4.78 is 75.9. The third-order valence-corrected chi connectivity index (χ3v) is 7.39. The van der Waals surface area contributed by atoms with Crippen LogP contribution in [-0.4, -0.2) is 31.1 Å². The van der Waals surface area contributed by atoms with Gasteiger partial charge in [-0.3, -0.25) is 0 Å². The van der Waals surface area contributed by atoms with Crippen LogP contribution in [0, 0.1) is 17.6 Å². The Kier molecular flexibility index (Phi) is 7.44. The Morgan fingerprint density at radius 3 is 2.42 bits per heavy atom. The zero-order valence-electron chi connectivity index (χ0n) is 21.8. The largest absolute Gasteiger partial charge is 0.513 e. The summed E-state index contributed by atoms with van der Waals surface area (Å²) in [7, 11) is 1.36. The van der Waals surface area contributed by atoms with Crippen LogP contribution in [0.4, 0.5) is 39.0 Å². The van der Waals surface area contributed by atoms with Gasteiger partial charge < -0.3 is 19.6 Å². The van der Waals surface area contributed by atoms with Gasteiger partial charge in [0, 0.05) is 36.7 Å². The number of methoxy groups -OCH3 is 1. The molecule has 1 unspecified atom stereocenters. The average Bonchev–Trinajstić information content (AvgIpc) is 2.92. The molecule has 2 aliphatic heterocycles. The van der Waals surface area contributed by atoms with E-state index in [1.165, 1.54) is 37.4 Å². The van der Waals surface area contributed by atoms with Gasteiger partial charge in [0.1, 0.15) is 28.9 Å². The number of piperidine rings is 1. The molecule has 3 aromatic rings. The van der Waals surface area contributed by atoms with Crippen LogP contribution in [0.1, 0.15) is 36.4 Å². The smallest absolute Gasteiger partial charge is 0.416 e. The predicted molar refractivity (Wildman–Crippen MR) is 144 cm³/mol. The molecule has 40 heavy (non-hydrogen) atoms. The van der Waals surface area contributed by atoms with E-state index in [1.54, 1.807) is 17.0 Å². The van der Waals surface area contributed by atoms with Crippen molar-refractivity contribution >= 4 is 22.9 Å². The number of aliphatic hydroxyl groups is 1. The van der Waals surface area contributed by atoms with Crippen LogP contribution in [0.5, 0.6) is 5.75 Å². The van der Waals surface area contributed by atoms with Gasteiger partial charge in [0.05, 0.1) is 30.2 Å². The summed E-state index contributed by atoms with van der Waals surface area (Å²) in [5.74, 6) is -0.856. The maximum Gasteiger partial charge on any atom is 0.416 e. The number of benzene rings is 3. The van der Waals surface area contributed by atoms with Crippen LogP contribution in [0.15, 0.2) is 78.0 Å². The average molecular weight is 558 g/mol. The Labute approximate surface area is 228 Å². The minimum Gasteiger partial charge on any atom is -0.513 e. The van der Waals surface area contributed by atoms with Gasteiger partial charge in [0.15, 0.2) is 0 Å². The molecule has 3 aromatic carbocycles. The Morgan fingerprint density at radius 2 is 1.77 bits per heavy atom. The molecule has 0 aliphatic carbocycles. The van der Waals surface area contributed by atoms with Gasteiger partial charge in [-0.1, -0.05) is 24.8 Å². The second kappa shape index (κ2) is 10.8. The van der Waals surface area contributed by atoms with Crippen molar-refractivity contribution in [1.82, 2.24) is 0 Å². The second-order valence-electron chi connectivity index (χ2n) is 9.93. The van der Waals surface area contributed by atoms with Crippen LogP contribution in [-0.2, 0) is 6.18 Å². The maximum atomic E-state index is 15.1. The Bertz CT molecular complexity index is 1450. The summed E-state index contributed by atoms with van der Waals surface area (Å²) in [5.41, 5.74) is 0.445. The number of para-hydroxylation sites is 1. The molecule has 1 fully saturated rings. The number of ether oxygens (including phenoxy) is 1. The molecule has 0 saturated carbocycles. The minimum atomic E-state index is -4.62. The third-order valence-electron chi connectivity index (χ3n) is 7.39. The molecular weight excluding hydrogens is 529 g/mol. The van der Waals surface area contributed by atoms with Gasteiger partial charge in [-0.2, -0.15) is 13.2 Å². The van der Waals surface area contributed by atoms with Gasteiger partial charge in [-0.05, 0) is 55.3 Å². The highest BCUT2D eigenvalue weighted by atomic mass is 19.4. The van der Waals surface area contributed by atoms with Crippen molar-refractivity contribution in [3.05, 3.63) is 95.8 Å². The van der Waals surface area contributed by atoms with E-state index in [9.17, 15) is 22.7 Å². The van der Waals surface area contributed by atoms with Crippen LogP contribution < -0.4 is 14.5 Å². The molecule has 2 aliphatic rings. The lowest BCUT2D eigenvalue weighted by molar-refractivity contribution is -0.137. The molecule has 0 spiro atoms. The van der Waals surface area contributed by atoms with E-state index >= 15 is 4.39 Å². The van der Waals surface area contributed by atoms with E-state index in [2.05, 4.69) is 6.58 Å². The van der Waals surface area contributed by atoms with E-state index < -0.39 is 23.6 Å². The Morgan fingerprint density at radius 1 is 1.05 bits per heavy atom. The normalized spacial score (nSPS) is 17.9. The zero-order chi connectivity index (χ0) is 28.6. The molecule has 2 heterocycles. The lowest BCUT2D eigenvalue weighted by Gasteiger charge is -2.43. The number of alkyl halides is 3. The topological polar surface area (TPSA) is 48.3 Å². The highest BCUT2D eigenvalue weighted by Crippen LogP contribution is 2.48. The minimum absolute atomic E-state index is 0.0724. The zero-order valence-corrected chi connectivity index (χ0v) is 21.8. The van der Waals surface area contributed by atoms with E-state index in [-0.39, 0.29) is 41.0 Å². The first kappa shape index (κ1) is 27.5. The number of hydrogen-bond donors (Lipinski definition) is 1. The van der Waals surface area contributed by atoms with E-state index in [0.29, 0.717) is 37.3 Å². The Balaban J connectivity index is 1.62. The van der Waals surface area contributed by atoms with Gasteiger partial charge in [0.25, 0.3) is 0 Å². The van der Waals surface area contributed by atoms with Crippen molar-refractivity contribution in [2.45, 2.75) is 31.5 Å². The van der Waals surface area contributed by atoms with Gasteiger partial charge in [-0.15, -0.1) is 0 Å². The monoisotopic (exact) mass is 557 g/mol. The second-order valence-corrected chi connectivity index (χ2v) is 9.93. The number of rotatable bonds is 6. The summed E-state index contributed by atoms with van der Waals surface area (Å²) in [6.45, 7) is 4.67. The van der Waals surface area contributed by atoms with E-state index in [4.69, 9.17) is 9.73 Å². The molecule has 1 N–H and O–H groups in total. The van der Waals surface area contributed by atoms with Gasteiger partial charge >= 0.3 is 6.18 Å².